The standard InChI is InChI=1S/C19H36N2/c1-2-6-10-14-18(15-11-7-3-1)20-21-19-16-12-8-4-5-9-13-17-19/h18-19H,1-17H2/b21-20+. The average Bonchev–Trinajstić information content (AvgIpc) is 2.65. The summed E-state index contributed by atoms with van der Waals surface area (Å²) in [6, 6.07) is 1.08. The fourth-order valence-electron chi connectivity index (χ4n) is 3.82. The monoisotopic (exact) mass is 292 g/mol. The molecule has 0 radical (unpaired) electrons. The van der Waals surface area contributed by atoms with Crippen molar-refractivity contribution in [2.45, 2.75) is 121 Å². The molecule has 0 N–H and O–H groups in total. The number of rotatable bonds is 2. The van der Waals surface area contributed by atoms with Crippen molar-refractivity contribution in [3.8, 4) is 0 Å². The fourth-order valence-corrected chi connectivity index (χ4v) is 3.82. The van der Waals surface area contributed by atoms with Gasteiger partial charge >= 0.3 is 0 Å². The minimum Gasteiger partial charge on any atom is -0.191 e. The van der Waals surface area contributed by atoms with Gasteiger partial charge in [-0.3, -0.25) is 0 Å². The van der Waals surface area contributed by atoms with Gasteiger partial charge in [-0.2, -0.15) is 10.2 Å². The molecule has 2 saturated carbocycles. The Labute approximate surface area is 132 Å². The molecule has 2 heteroatoms. The van der Waals surface area contributed by atoms with Crippen LogP contribution in [0.4, 0.5) is 0 Å². The normalized spacial score (nSPS) is 26.1. The van der Waals surface area contributed by atoms with Gasteiger partial charge in [0.2, 0.25) is 0 Å². The molecule has 0 aromatic heterocycles. The van der Waals surface area contributed by atoms with E-state index >= 15 is 0 Å². The lowest BCUT2D eigenvalue weighted by atomic mass is 9.98. The van der Waals surface area contributed by atoms with E-state index in [9.17, 15) is 0 Å². The van der Waals surface area contributed by atoms with E-state index in [2.05, 4.69) is 0 Å². The molecule has 2 aliphatic rings. The average molecular weight is 293 g/mol. The van der Waals surface area contributed by atoms with Gasteiger partial charge in [0.05, 0.1) is 12.1 Å². The quantitative estimate of drug-likeness (QED) is 0.498. The Morgan fingerprint density at radius 2 is 0.571 bits per heavy atom. The second-order valence-electron chi connectivity index (χ2n) is 7.29. The summed E-state index contributed by atoms with van der Waals surface area (Å²) in [5.41, 5.74) is 0. The lowest BCUT2D eigenvalue weighted by Crippen LogP contribution is -2.08. The lowest BCUT2D eigenvalue weighted by molar-refractivity contribution is 0.431. The summed E-state index contributed by atoms with van der Waals surface area (Å²) in [7, 11) is 0. The molecule has 0 bridgehead atoms. The second kappa shape index (κ2) is 11.2. The molecule has 0 saturated heterocycles. The first-order valence-electron chi connectivity index (χ1n) is 9.85. The van der Waals surface area contributed by atoms with Crippen molar-refractivity contribution < 1.29 is 0 Å². The Balaban J connectivity index is 1.77. The van der Waals surface area contributed by atoms with Crippen LogP contribution in [0, 0.1) is 0 Å². The maximum absolute atomic E-state index is 4.81. The van der Waals surface area contributed by atoms with Crippen LogP contribution in [-0.2, 0) is 0 Å². The van der Waals surface area contributed by atoms with Gasteiger partial charge in [-0.25, -0.2) is 0 Å². The second-order valence-corrected chi connectivity index (χ2v) is 7.29. The maximum atomic E-state index is 4.81. The van der Waals surface area contributed by atoms with Crippen LogP contribution in [0.5, 0.6) is 0 Å². The van der Waals surface area contributed by atoms with E-state index in [4.69, 9.17) is 10.2 Å². The Hall–Kier alpha value is -0.400. The molecule has 122 valence electrons. The topological polar surface area (TPSA) is 24.7 Å². The van der Waals surface area contributed by atoms with Crippen molar-refractivity contribution >= 4 is 0 Å². The largest absolute Gasteiger partial charge is 0.191 e. The Bertz CT molecular complexity index is 255. The summed E-state index contributed by atoms with van der Waals surface area (Å²) in [5.74, 6) is 0. The summed E-state index contributed by atoms with van der Waals surface area (Å²) in [4.78, 5) is 0. The molecule has 0 heterocycles. The molecular weight excluding hydrogens is 256 g/mol. The highest BCUT2D eigenvalue weighted by Gasteiger charge is 2.12. The summed E-state index contributed by atoms with van der Waals surface area (Å²) < 4.78 is 0. The molecular formula is C19H36N2. The van der Waals surface area contributed by atoms with Crippen molar-refractivity contribution in [2.75, 3.05) is 0 Å². The first-order chi connectivity index (χ1) is 10.4. The SMILES string of the molecule is C1CCCCC(/N=N/C2CCCCCCCC2)CCCC1. The number of hydrogen-bond donors (Lipinski definition) is 0. The van der Waals surface area contributed by atoms with E-state index in [1.165, 1.54) is 109 Å². The molecule has 2 aliphatic carbocycles. The van der Waals surface area contributed by atoms with Gasteiger partial charge in [-0.1, -0.05) is 83.5 Å². The molecule has 0 aromatic carbocycles. The molecule has 0 atom stereocenters. The smallest absolute Gasteiger partial charge is 0.0708 e. The van der Waals surface area contributed by atoms with Crippen LogP contribution in [0.15, 0.2) is 10.2 Å². The highest BCUT2D eigenvalue weighted by atomic mass is 15.1. The van der Waals surface area contributed by atoms with Crippen molar-refractivity contribution in [1.29, 1.82) is 0 Å². The van der Waals surface area contributed by atoms with Gasteiger partial charge in [0.15, 0.2) is 0 Å². The van der Waals surface area contributed by atoms with Crippen LogP contribution < -0.4 is 0 Å². The van der Waals surface area contributed by atoms with Gasteiger partial charge < -0.3 is 0 Å². The fraction of sp³-hybridized carbons (Fsp3) is 1.00. The van der Waals surface area contributed by atoms with Gasteiger partial charge in [-0.05, 0) is 25.7 Å². The summed E-state index contributed by atoms with van der Waals surface area (Å²) in [6.07, 6.45) is 23.5. The highest BCUT2D eigenvalue weighted by Crippen LogP contribution is 2.22. The Morgan fingerprint density at radius 3 is 0.857 bits per heavy atom. The molecule has 0 amide bonds. The van der Waals surface area contributed by atoms with Gasteiger partial charge in [0.25, 0.3) is 0 Å². The first-order valence-corrected chi connectivity index (χ1v) is 9.85. The predicted octanol–water partition coefficient (Wildman–Crippen LogP) is 6.83. The molecule has 21 heavy (non-hydrogen) atoms. The van der Waals surface area contributed by atoms with E-state index in [0.29, 0.717) is 12.1 Å². The van der Waals surface area contributed by atoms with Crippen LogP contribution in [0.3, 0.4) is 0 Å². The van der Waals surface area contributed by atoms with Crippen LogP contribution in [0.1, 0.15) is 109 Å². The van der Waals surface area contributed by atoms with Crippen molar-refractivity contribution in [1.82, 2.24) is 0 Å². The zero-order chi connectivity index (χ0) is 14.6. The first kappa shape index (κ1) is 17.0. The van der Waals surface area contributed by atoms with E-state index in [0.717, 1.165) is 0 Å². The Morgan fingerprint density at radius 1 is 0.333 bits per heavy atom. The third kappa shape index (κ3) is 7.97. The van der Waals surface area contributed by atoms with Crippen LogP contribution in [-0.4, -0.2) is 12.1 Å². The van der Waals surface area contributed by atoms with Crippen molar-refractivity contribution in [2.24, 2.45) is 10.2 Å². The number of hydrogen-bond acceptors (Lipinski definition) is 2. The predicted molar refractivity (Wildman–Crippen MR) is 90.9 cm³/mol. The van der Waals surface area contributed by atoms with E-state index in [1.54, 1.807) is 0 Å². The molecule has 0 aliphatic heterocycles. The molecule has 0 spiro atoms. The third-order valence-corrected chi connectivity index (χ3v) is 5.29. The van der Waals surface area contributed by atoms with Gasteiger partial charge in [0.1, 0.15) is 0 Å². The molecule has 2 rings (SSSR count). The highest BCUT2D eigenvalue weighted by molar-refractivity contribution is 4.71. The van der Waals surface area contributed by atoms with Gasteiger partial charge in [0, 0.05) is 0 Å². The van der Waals surface area contributed by atoms with Gasteiger partial charge in [-0.15, -0.1) is 0 Å². The summed E-state index contributed by atoms with van der Waals surface area (Å²) in [6.45, 7) is 0. The summed E-state index contributed by atoms with van der Waals surface area (Å²) in [5, 5.41) is 9.61. The zero-order valence-electron chi connectivity index (χ0n) is 14.1. The minimum absolute atomic E-state index is 0.538. The lowest BCUT2D eigenvalue weighted by Gasteiger charge is -2.15. The molecule has 2 fully saturated rings. The van der Waals surface area contributed by atoms with Crippen molar-refractivity contribution in [3.63, 3.8) is 0 Å². The van der Waals surface area contributed by atoms with E-state index < -0.39 is 0 Å². The number of azo groups is 1. The third-order valence-electron chi connectivity index (χ3n) is 5.29. The van der Waals surface area contributed by atoms with Crippen LogP contribution >= 0.6 is 0 Å². The maximum Gasteiger partial charge on any atom is 0.0708 e. The Kier molecular flexibility index (Phi) is 9.05. The molecule has 2 nitrogen and oxygen atoms in total. The van der Waals surface area contributed by atoms with E-state index in [-0.39, 0.29) is 0 Å². The minimum atomic E-state index is 0.538. The van der Waals surface area contributed by atoms with Crippen molar-refractivity contribution in [3.05, 3.63) is 0 Å². The number of nitrogens with zero attached hydrogens (tertiary/aromatic N) is 2. The van der Waals surface area contributed by atoms with Crippen LogP contribution in [0.25, 0.3) is 0 Å². The zero-order valence-corrected chi connectivity index (χ0v) is 14.1. The summed E-state index contributed by atoms with van der Waals surface area (Å²) >= 11 is 0. The van der Waals surface area contributed by atoms with Crippen LogP contribution in [0.2, 0.25) is 0 Å². The van der Waals surface area contributed by atoms with E-state index in [1.807, 2.05) is 0 Å². The molecule has 0 aromatic rings. The molecule has 0 unspecified atom stereocenters.